The normalized spacial score (nSPS) is 16.8. The molecule has 0 bridgehead atoms. The zero-order chi connectivity index (χ0) is 14.9. The summed E-state index contributed by atoms with van der Waals surface area (Å²) in [5, 5.41) is 9.23. The fourth-order valence-corrected chi connectivity index (χ4v) is 2.24. The maximum absolute atomic E-state index is 12.2. The molecule has 0 spiro atoms. The van der Waals surface area contributed by atoms with E-state index in [1.807, 2.05) is 0 Å². The van der Waals surface area contributed by atoms with Crippen LogP contribution in [0, 0.1) is 11.8 Å². The molecular formula is C15H15NO4. The van der Waals surface area contributed by atoms with Gasteiger partial charge in [-0.2, -0.15) is 0 Å². The number of aliphatic carboxylic acids is 1. The Balaban J connectivity index is 2.27. The number of carbonyl (C=O) groups excluding carboxylic acids is 2. The SMILES string of the molecule is C=CC(C)C(CN1C(=O)c2ccccc2C1=O)C(=O)O. The lowest BCUT2D eigenvalue weighted by molar-refractivity contribution is -0.143. The fourth-order valence-electron chi connectivity index (χ4n) is 2.24. The highest BCUT2D eigenvalue weighted by Gasteiger charge is 2.38. The predicted molar refractivity (Wildman–Crippen MR) is 72.3 cm³/mol. The number of hydrogen-bond acceptors (Lipinski definition) is 3. The van der Waals surface area contributed by atoms with Crippen LogP contribution in [0.25, 0.3) is 0 Å². The zero-order valence-corrected chi connectivity index (χ0v) is 11.1. The van der Waals surface area contributed by atoms with E-state index in [9.17, 15) is 19.5 Å². The highest BCUT2D eigenvalue weighted by atomic mass is 16.4. The minimum Gasteiger partial charge on any atom is -0.481 e. The molecule has 5 nitrogen and oxygen atoms in total. The Morgan fingerprint density at radius 1 is 1.30 bits per heavy atom. The highest BCUT2D eigenvalue weighted by Crippen LogP contribution is 2.25. The van der Waals surface area contributed by atoms with Crippen LogP contribution < -0.4 is 0 Å². The number of allylic oxidation sites excluding steroid dienone is 1. The van der Waals surface area contributed by atoms with Crippen molar-refractivity contribution < 1.29 is 19.5 Å². The summed E-state index contributed by atoms with van der Waals surface area (Å²) in [6, 6.07) is 6.49. The molecule has 0 aliphatic carbocycles. The molecule has 20 heavy (non-hydrogen) atoms. The minimum absolute atomic E-state index is 0.144. The van der Waals surface area contributed by atoms with E-state index in [1.54, 1.807) is 31.2 Å². The van der Waals surface area contributed by atoms with Gasteiger partial charge in [-0.3, -0.25) is 19.3 Å². The van der Waals surface area contributed by atoms with Gasteiger partial charge in [0.1, 0.15) is 0 Å². The number of nitrogens with zero attached hydrogens (tertiary/aromatic N) is 1. The molecule has 0 fully saturated rings. The molecule has 0 aromatic heterocycles. The second kappa shape index (κ2) is 5.28. The monoisotopic (exact) mass is 273 g/mol. The van der Waals surface area contributed by atoms with E-state index in [2.05, 4.69) is 6.58 Å². The van der Waals surface area contributed by atoms with Crippen molar-refractivity contribution in [2.24, 2.45) is 11.8 Å². The Morgan fingerprint density at radius 3 is 2.20 bits per heavy atom. The van der Waals surface area contributed by atoms with E-state index in [1.165, 1.54) is 6.08 Å². The molecule has 2 amide bonds. The molecule has 1 heterocycles. The van der Waals surface area contributed by atoms with Crippen molar-refractivity contribution in [3.63, 3.8) is 0 Å². The molecule has 5 heteroatoms. The van der Waals surface area contributed by atoms with Gasteiger partial charge in [0.2, 0.25) is 0 Å². The summed E-state index contributed by atoms with van der Waals surface area (Å²) in [7, 11) is 0. The highest BCUT2D eigenvalue weighted by molar-refractivity contribution is 6.21. The van der Waals surface area contributed by atoms with Crippen molar-refractivity contribution in [1.82, 2.24) is 4.90 Å². The first kappa shape index (κ1) is 14.0. The minimum atomic E-state index is -1.05. The van der Waals surface area contributed by atoms with Crippen molar-refractivity contribution in [3.05, 3.63) is 48.0 Å². The van der Waals surface area contributed by atoms with E-state index in [0.717, 1.165) is 4.90 Å². The average molecular weight is 273 g/mol. The lowest BCUT2D eigenvalue weighted by Crippen LogP contribution is -2.39. The second-order valence-corrected chi connectivity index (χ2v) is 4.81. The van der Waals surface area contributed by atoms with Gasteiger partial charge in [0, 0.05) is 6.54 Å². The van der Waals surface area contributed by atoms with Gasteiger partial charge in [0.05, 0.1) is 17.0 Å². The largest absolute Gasteiger partial charge is 0.481 e. The molecule has 0 saturated heterocycles. The first-order valence-electron chi connectivity index (χ1n) is 6.28. The molecule has 1 aliphatic rings. The number of rotatable bonds is 5. The van der Waals surface area contributed by atoms with Crippen LogP contribution in [-0.4, -0.2) is 34.3 Å². The maximum Gasteiger partial charge on any atom is 0.308 e. The van der Waals surface area contributed by atoms with E-state index >= 15 is 0 Å². The van der Waals surface area contributed by atoms with Gasteiger partial charge in [0.25, 0.3) is 11.8 Å². The third-order valence-electron chi connectivity index (χ3n) is 3.58. The third-order valence-corrected chi connectivity index (χ3v) is 3.58. The third kappa shape index (κ3) is 2.22. The van der Waals surface area contributed by atoms with Gasteiger partial charge in [-0.1, -0.05) is 25.1 Å². The number of carbonyl (C=O) groups is 3. The van der Waals surface area contributed by atoms with Crippen LogP contribution in [0.1, 0.15) is 27.6 Å². The summed E-state index contributed by atoms with van der Waals surface area (Å²) in [6.45, 7) is 5.12. The summed E-state index contributed by atoms with van der Waals surface area (Å²) in [4.78, 5) is 36.6. The van der Waals surface area contributed by atoms with Crippen LogP contribution in [0.2, 0.25) is 0 Å². The number of benzene rings is 1. The number of imide groups is 1. The van der Waals surface area contributed by atoms with Gasteiger partial charge in [0.15, 0.2) is 0 Å². The molecule has 1 aromatic carbocycles. The second-order valence-electron chi connectivity index (χ2n) is 4.81. The smallest absolute Gasteiger partial charge is 0.308 e. The molecule has 2 atom stereocenters. The lowest BCUT2D eigenvalue weighted by Gasteiger charge is -2.22. The van der Waals surface area contributed by atoms with Crippen molar-refractivity contribution in [1.29, 1.82) is 0 Å². The summed E-state index contributed by atoms with van der Waals surface area (Å²) in [5.74, 6) is -3.11. The Labute approximate surface area is 116 Å². The zero-order valence-electron chi connectivity index (χ0n) is 11.1. The van der Waals surface area contributed by atoms with Crippen molar-refractivity contribution >= 4 is 17.8 Å². The van der Waals surface area contributed by atoms with Crippen molar-refractivity contribution in [3.8, 4) is 0 Å². The molecule has 1 aromatic rings. The molecule has 2 unspecified atom stereocenters. The van der Waals surface area contributed by atoms with Gasteiger partial charge in [-0.25, -0.2) is 0 Å². The summed E-state index contributed by atoms with van der Waals surface area (Å²) in [5.41, 5.74) is 0.654. The Kier molecular flexibility index (Phi) is 3.70. The van der Waals surface area contributed by atoms with Crippen LogP contribution in [0.3, 0.4) is 0 Å². The van der Waals surface area contributed by atoms with Crippen molar-refractivity contribution in [2.45, 2.75) is 6.92 Å². The van der Waals surface area contributed by atoms with Gasteiger partial charge >= 0.3 is 5.97 Å². The summed E-state index contributed by atoms with van der Waals surface area (Å²) in [6.07, 6.45) is 1.51. The number of fused-ring (bicyclic) bond motifs is 1. The summed E-state index contributed by atoms with van der Waals surface area (Å²) < 4.78 is 0. The van der Waals surface area contributed by atoms with Crippen LogP contribution in [-0.2, 0) is 4.79 Å². The maximum atomic E-state index is 12.2. The fraction of sp³-hybridized carbons (Fsp3) is 0.267. The predicted octanol–water partition coefficient (Wildman–Crippen LogP) is 1.81. The standard InChI is InChI=1S/C15H15NO4/c1-3-9(2)12(15(19)20)8-16-13(17)10-6-4-5-7-11(10)14(16)18/h3-7,9,12H,1,8H2,2H3,(H,19,20). The quantitative estimate of drug-likeness (QED) is 0.655. The topological polar surface area (TPSA) is 74.7 Å². The number of carboxylic acids is 1. The van der Waals surface area contributed by atoms with Crippen LogP contribution in [0.5, 0.6) is 0 Å². The Morgan fingerprint density at radius 2 is 1.80 bits per heavy atom. The molecule has 1 aliphatic heterocycles. The molecule has 104 valence electrons. The van der Waals surface area contributed by atoms with E-state index in [0.29, 0.717) is 11.1 Å². The number of carboxylic acid groups (broad SMARTS) is 1. The molecule has 0 saturated carbocycles. The Hall–Kier alpha value is -2.43. The van der Waals surface area contributed by atoms with Crippen LogP contribution >= 0.6 is 0 Å². The average Bonchev–Trinajstić information content (AvgIpc) is 2.68. The van der Waals surface area contributed by atoms with E-state index in [4.69, 9.17) is 0 Å². The molecular weight excluding hydrogens is 258 g/mol. The first-order chi connectivity index (χ1) is 9.47. The Bertz CT molecular complexity index is 558. The molecule has 2 rings (SSSR count). The first-order valence-corrected chi connectivity index (χ1v) is 6.28. The van der Waals surface area contributed by atoms with Crippen LogP contribution in [0.4, 0.5) is 0 Å². The van der Waals surface area contributed by atoms with E-state index < -0.39 is 23.7 Å². The van der Waals surface area contributed by atoms with Gasteiger partial charge < -0.3 is 5.11 Å². The van der Waals surface area contributed by atoms with Crippen molar-refractivity contribution in [2.75, 3.05) is 6.54 Å². The number of hydrogen-bond donors (Lipinski definition) is 1. The lowest BCUT2D eigenvalue weighted by atomic mass is 9.93. The molecule has 0 radical (unpaired) electrons. The molecule has 1 N–H and O–H groups in total. The van der Waals surface area contributed by atoms with Gasteiger partial charge in [-0.15, -0.1) is 6.58 Å². The van der Waals surface area contributed by atoms with Crippen LogP contribution in [0.15, 0.2) is 36.9 Å². The van der Waals surface area contributed by atoms with Gasteiger partial charge in [-0.05, 0) is 18.1 Å². The summed E-state index contributed by atoms with van der Waals surface area (Å²) >= 11 is 0. The number of amides is 2. The van der Waals surface area contributed by atoms with E-state index in [-0.39, 0.29) is 12.5 Å².